The Labute approximate surface area is 113 Å². The first-order chi connectivity index (χ1) is 9.08. The summed E-state index contributed by atoms with van der Waals surface area (Å²) in [5, 5.41) is 3.02. The number of aromatic nitrogens is 1. The molecule has 1 amide bonds. The molecule has 1 saturated heterocycles. The molecule has 0 saturated carbocycles. The third-order valence-corrected chi connectivity index (χ3v) is 3.55. The van der Waals surface area contributed by atoms with Crippen molar-refractivity contribution in [2.45, 2.75) is 45.2 Å². The average Bonchev–Trinajstić information content (AvgIpc) is 2.41. The lowest BCUT2D eigenvalue weighted by Crippen LogP contribution is -2.48. The summed E-state index contributed by atoms with van der Waals surface area (Å²) < 4.78 is 12.8. The van der Waals surface area contributed by atoms with E-state index >= 15 is 0 Å². The molecule has 19 heavy (non-hydrogen) atoms. The van der Waals surface area contributed by atoms with E-state index in [2.05, 4.69) is 17.2 Å². The van der Waals surface area contributed by atoms with Crippen LogP contribution in [0, 0.1) is 5.82 Å². The molecule has 1 aliphatic heterocycles. The number of likely N-dealkylation sites (tertiary alicyclic amines) is 1. The highest BCUT2D eigenvalue weighted by molar-refractivity contribution is 5.84. The predicted octanol–water partition coefficient (Wildman–Crippen LogP) is 2.42. The van der Waals surface area contributed by atoms with Gasteiger partial charge in [0.15, 0.2) is 0 Å². The zero-order valence-electron chi connectivity index (χ0n) is 11.4. The van der Waals surface area contributed by atoms with E-state index in [0.29, 0.717) is 11.9 Å². The van der Waals surface area contributed by atoms with Crippen LogP contribution in [0.2, 0.25) is 0 Å². The molecule has 2 heterocycles. The van der Waals surface area contributed by atoms with Crippen LogP contribution in [0.5, 0.6) is 0 Å². The Morgan fingerprint density at radius 1 is 1.53 bits per heavy atom. The summed E-state index contributed by atoms with van der Waals surface area (Å²) in [7, 11) is 0. The molecule has 0 bridgehead atoms. The summed E-state index contributed by atoms with van der Waals surface area (Å²) in [4.78, 5) is 18.2. The standard InChI is InChI=1S/C14H20FN3O/c1-10-5-3-4-8-18(10)14(19)11(2)17-13-7-6-12(15)9-16-13/h6-7,9-11H,3-5,8H2,1-2H3,(H,16,17)/t10-,11+/m0/s1. The lowest BCUT2D eigenvalue weighted by atomic mass is 10.0. The van der Waals surface area contributed by atoms with Gasteiger partial charge in [-0.3, -0.25) is 4.79 Å². The van der Waals surface area contributed by atoms with Gasteiger partial charge in [-0.2, -0.15) is 0 Å². The van der Waals surface area contributed by atoms with Gasteiger partial charge < -0.3 is 10.2 Å². The molecule has 1 aromatic rings. The van der Waals surface area contributed by atoms with Gasteiger partial charge in [0.1, 0.15) is 17.7 Å². The molecule has 0 radical (unpaired) electrons. The van der Waals surface area contributed by atoms with Gasteiger partial charge in [0.05, 0.1) is 6.20 Å². The molecular weight excluding hydrogens is 245 g/mol. The number of nitrogens with one attached hydrogen (secondary N) is 1. The van der Waals surface area contributed by atoms with Crippen LogP contribution in [0.3, 0.4) is 0 Å². The lowest BCUT2D eigenvalue weighted by molar-refractivity contribution is -0.134. The minimum Gasteiger partial charge on any atom is -0.359 e. The van der Waals surface area contributed by atoms with E-state index in [1.165, 1.54) is 12.5 Å². The van der Waals surface area contributed by atoms with E-state index in [-0.39, 0.29) is 17.8 Å². The number of pyridine rings is 1. The van der Waals surface area contributed by atoms with Crippen LogP contribution in [-0.2, 0) is 4.79 Å². The highest BCUT2D eigenvalue weighted by atomic mass is 19.1. The van der Waals surface area contributed by atoms with Crippen molar-refractivity contribution in [3.8, 4) is 0 Å². The van der Waals surface area contributed by atoms with Crippen molar-refractivity contribution in [1.29, 1.82) is 0 Å². The van der Waals surface area contributed by atoms with E-state index < -0.39 is 0 Å². The third kappa shape index (κ3) is 3.43. The maximum absolute atomic E-state index is 12.8. The minimum atomic E-state index is -0.380. The summed E-state index contributed by atoms with van der Waals surface area (Å²) in [5.74, 6) is 0.222. The highest BCUT2D eigenvalue weighted by Crippen LogP contribution is 2.18. The Morgan fingerprint density at radius 2 is 2.32 bits per heavy atom. The number of piperidine rings is 1. The Morgan fingerprint density at radius 3 is 2.95 bits per heavy atom. The van der Waals surface area contributed by atoms with E-state index in [0.717, 1.165) is 25.6 Å². The number of halogens is 1. The largest absolute Gasteiger partial charge is 0.359 e. The molecule has 104 valence electrons. The predicted molar refractivity (Wildman–Crippen MR) is 72.3 cm³/mol. The van der Waals surface area contributed by atoms with Crippen LogP contribution in [0.15, 0.2) is 18.3 Å². The van der Waals surface area contributed by atoms with Crippen LogP contribution >= 0.6 is 0 Å². The number of nitrogens with zero attached hydrogens (tertiary/aromatic N) is 2. The molecule has 1 aliphatic rings. The second-order valence-electron chi connectivity index (χ2n) is 5.10. The molecule has 1 aromatic heterocycles. The van der Waals surface area contributed by atoms with Gasteiger partial charge in [-0.15, -0.1) is 0 Å². The fourth-order valence-electron chi connectivity index (χ4n) is 2.42. The third-order valence-electron chi connectivity index (χ3n) is 3.55. The number of carbonyl (C=O) groups is 1. The van der Waals surface area contributed by atoms with Crippen molar-refractivity contribution in [2.24, 2.45) is 0 Å². The molecule has 4 nitrogen and oxygen atoms in total. The van der Waals surface area contributed by atoms with Crippen LogP contribution in [-0.4, -0.2) is 34.4 Å². The van der Waals surface area contributed by atoms with Crippen LogP contribution in [0.25, 0.3) is 0 Å². The fraction of sp³-hybridized carbons (Fsp3) is 0.571. The number of amides is 1. The van der Waals surface area contributed by atoms with Gasteiger partial charge in [0, 0.05) is 12.6 Å². The Balaban J connectivity index is 1.96. The van der Waals surface area contributed by atoms with Gasteiger partial charge in [-0.05, 0) is 45.2 Å². The van der Waals surface area contributed by atoms with Crippen LogP contribution in [0.1, 0.15) is 33.1 Å². The summed E-state index contributed by atoms with van der Waals surface area (Å²) in [6, 6.07) is 2.82. The number of hydrogen-bond acceptors (Lipinski definition) is 3. The maximum atomic E-state index is 12.8. The number of anilines is 1. The van der Waals surface area contributed by atoms with E-state index in [4.69, 9.17) is 0 Å². The minimum absolute atomic E-state index is 0.0818. The van der Waals surface area contributed by atoms with Gasteiger partial charge >= 0.3 is 0 Å². The van der Waals surface area contributed by atoms with Crippen molar-refractivity contribution in [3.63, 3.8) is 0 Å². The second-order valence-corrected chi connectivity index (χ2v) is 5.10. The average molecular weight is 265 g/mol. The summed E-state index contributed by atoms with van der Waals surface area (Å²) >= 11 is 0. The van der Waals surface area contributed by atoms with Gasteiger partial charge in [-0.25, -0.2) is 9.37 Å². The molecule has 0 spiro atoms. The van der Waals surface area contributed by atoms with Crippen molar-refractivity contribution in [2.75, 3.05) is 11.9 Å². The molecule has 5 heteroatoms. The van der Waals surface area contributed by atoms with Crippen LogP contribution in [0.4, 0.5) is 10.2 Å². The van der Waals surface area contributed by atoms with Gasteiger partial charge in [-0.1, -0.05) is 0 Å². The summed E-state index contributed by atoms with van der Waals surface area (Å²) in [6.45, 7) is 4.72. The quantitative estimate of drug-likeness (QED) is 0.913. The maximum Gasteiger partial charge on any atom is 0.245 e. The van der Waals surface area contributed by atoms with Gasteiger partial charge in [0.25, 0.3) is 0 Å². The Kier molecular flexibility index (Phi) is 4.35. The zero-order valence-corrected chi connectivity index (χ0v) is 11.4. The molecule has 2 atom stereocenters. The van der Waals surface area contributed by atoms with Crippen molar-refractivity contribution in [3.05, 3.63) is 24.1 Å². The smallest absolute Gasteiger partial charge is 0.245 e. The molecule has 2 rings (SSSR count). The highest BCUT2D eigenvalue weighted by Gasteiger charge is 2.26. The van der Waals surface area contributed by atoms with E-state index in [1.807, 2.05) is 11.8 Å². The Hall–Kier alpha value is -1.65. The Bertz CT molecular complexity index is 435. The normalized spacial score (nSPS) is 21.0. The SMILES string of the molecule is C[C@@H](Nc1ccc(F)cn1)C(=O)N1CCCC[C@@H]1C. The first kappa shape index (κ1) is 13.8. The fourth-order valence-corrected chi connectivity index (χ4v) is 2.42. The lowest BCUT2D eigenvalue weighted by Gasteiger charge is -2.35. The van der Waals surface area contributed by atoms with Gasteiger partial charge in [0.2, 0.25) is 5.91 Å². The molecular formula is C14H20FN3O. The van der Waals surface area contributed by atoms with Crippen LogP contribution < -0.4 is 5.32 Å². The number of carbonyl (C=O) groups excluding carboxylic acids is 1. The van der Waals surface area contributed by atoms with Crippen molar-refractivity contribution < 1.29 is 9.18 Å². The first-order valence-corrected chi connectivity index (χ1v) is 6.76. The van der Waals surface area contributed by atoms with Crippen molar-refractivity contribution >= 4 is 11.7 Å². The summed E-state index contributed by atoms with van der Waals surface area (Å²) in [5.41, 5.74) is 0. The number of rotatable bonds is 3. The topological polar surface area (TPSA) is 45.2 Å². The molecule has 0 aliphatic carbocycles. The van der Waals surface area contributed by atoms with E-state index in [9.17, 15) is 9.18 Å². The zero-order chi connectivity index (χ0) is 13.8. The monoisotopic (exact) mass is 265 g/mol. The second kappa shape index (κ2) is 5.99. The molecule has 0 aromatic carbocycles. The summed E-state index contributed by atoms with van der Waals surface area (Å²) in [6.07, 6.45) is 4.46. The first-order valence-electron chi connectivity index (χ1n) is 6.76. The molecule has 1 N–H and O–H groups in total. The number of hydrogen-bond donors (Lipinski definition) is 1. The van der Waals surface area contributed by atoms with E-state index in [1.54, 1.807) is 6.07 Å². The molecule has 0 unspecified atom stereocenters. The van der Waals surface area contributed by atoms with Crippen molar-refractivity contribution in [1.82, 2.24) is 9.88 Å². The molecule has 1 fully saturated rings.